The van der Waals surface area contributed by atoms with Crippen LogP contribution in [0.1, 0.15) is 104 Å². The largest absolute Gasteiger partial charge is 0.498 e. The highest BCUT2D eigenvalue weighted by atomic mass is 16.6. The predicted molar refractivity (Wildman–Crippen MR) is 309 cm³/mol. The van der Waals surface area contributed by atoms with Crippen LogP contribution < -0.4 is 0 Å². The molecule has 2 rings (SSSR count). The molecule has 2 aromatic carbocycles. The molecule has 0 amide bonds. The molecule has 0 N–H and O–H groups in total. The lowest BCUT2D eigenvalue weighted by Gasteiger charge is -2.22. The van der Waals surface area contributed by atoms with E-state index in [4.69, 9.17) is 94.7 Å². The van der Waals surface area contributed by atoms with Crippen molar-refractivity contribution in [1.29, 1.82) is 0 Å². The van der Waals surface area contributed by atoms with Crippen molar-refractivity contribution in [3.05, 3.63) is 189 Å². The first-order valence-electron chi connectivity index (χ1n) is 26.7. The maximum atomic E-state index is 14.6. The first-order valence-corrected chi connectivity index (χ1v) is 26.7. The van der Waals surface area contributed by atoms with Crippen LogP contribution in [0.2, 0.25) is 0 Å². The van der Waals surface area contributed by atoms with Crippen LogP contribution in [0.25, 0.3) is 0 Å². The monoisotopic (exact) mass is 1280 g/mol. The number of rotatable bonds is 50. The first kappa shape index (κ1) is 75.7. The van der Waals surface area contributed by atoms with Gasteiger partial charge in [0.1, 0.15) is 145 Å². The number of hydrogen-bond donors (Lipinski definition) is 0. The van der Waals surface area contributed by atoms with Crippen molar-refractivity contribution < 1.29 is 143 Å². The molecule has 0 heterocycles. The van der Waals surface area contributed by atoms with E-state index in [-0.39, 0.29) is 79.3 Å². The minimum absolute atomic E-state index is 0.116. The van der Waals surface area contributed by atoms with Gasteiger partial charge in [-0.15, -0.1) is 0 Å². The van der Waals surface area contributed by atoms with Crippen molar-refractivity contribution in [2.24, 2.45) is 0 Å². The van der Waals surface area contributed by atoms with Crippen LogP contribution in [0.5, 0.6) is 0 Å². The highest BCUT2D eigenvalue weighted by Crippen LogP contribution is 2.34. The molecule has 0 aliphatic heterocycles. The van der Waals surface area contributed by atoms with E-state index in [9.17, 15) is 47.9 Å². The molecule has 0 radical (unpaired) electrons. The third-order valence-electron chi connectivity index (χ3n) is 10.4. The van der Waals surface area contributed by atoms with Gasteiger partial charge >= 0.3 is 59.7 Å². The Kier molecular flexibility index (Phi) is 38.1. The maximum Gasteiger partial charge on any atom is 0.340 e. The summed E-state index contributed by atoms with van der Waals surface area (Å²) < 4.78 is 104. The van der Waals surface area contributed by atoms with Gasteiger partial charge in [-0.2, -0.15) is 0 Å². The van der Waals surface area contributed by atoms with Gasteiger partial charge in [-0.05, 0) is 17.9 Å². The summed E-state index contributed by atoms with van der Waals surface area (Å²) in [6, 6.07) is 1.77. The lowest BCUT2D eigenvalue weighted by Crippen LogP contribution is -2.32. The van der Waals surface area contributed by atoms with Gasteiger partial charge in [0.05, 0.1) is 106 Å². The van der Waals surface area contributed by atoms with E-state index in [0.717, 1.165) is 74.8 Å². The molecule has 0 spiro atoms. The predicted octanol–water partition coefficient (Wildman–Crippen LogP) is 5.90. The van der Waals surface area contributed by atoms with Crippen molar-refractivity contribution >= 4 is 59.7 Å². The van der Waals surface area contributed by atoms with Gasteiger partial charge in [-0.25, -0.2) is 47.9 Å². The SMILES string of the molecule is C=COCCOC(=O)c1cc(C(=O)OCCOC=C)c(C(=O)OCCOC=C=COCCOC(=O)c2c(C(=O)OCCOC=C)c(C(=O)OCCOC=C)c(C(=O)OCCOC=C)c(C(=O)OCCOC=C)c2C(=O)OCCOC=C)cc1C(=O)OCCOC=C. The number of carbonyl (C=O) groups excluding carboxylic acids is 10. The van der Waals surface area contributed by atoms with Crippen LogP contribution in [-0.2, 0) is 94.7 Å². The summed E-state index contributed by atoms with van der Waals surface area (Å²) in [5.41, 5.74) is -6.61. The molecule has 492 valence electrons. The van der Waals surface area contributed by atoms with E-state index in [1.54, 1.807) is 0 Å². The van der Waals surface area contributed by atoms with Gasteiger partial charge in [0.25, 0.3) is 0 Å². The van der Waals surface area contributed by atoms with Crippen molar-refractivity contribution in [2.75, 3.05) is 132 Å². The summed E-state index contributed by atoms with van der Waals surface area (Å²) in [5.74, 6) is -14.1. The molecule has 30 nitrogen and oxygen atoms in total. The second-order valence-electron chi connectivity index (χ2n) is 16.0. The third kappa shape index (κ3) is 27.0. The molecular weight excluding hydrogens is 1210 g/mol. The topological polar surface area (TPSA) is 355 Å². The molecule has 0 aromatic heterocycles. The van der Waals surface area contributed by atoms with E-state index >= 15 is 0 Å². The van der Waals surface area contributed by atoms with Crippen LogP contribution in [0.4, 0.5) is 0 Å². The van der Waals surface area contributed by atoms with Gasteiger partial charge in [0.2, 0.25) is 0 Å². The van der Waals surface area contributed by atoms with Gasteiger partial charge in [0.15, 0.2) is 0 Å². The van der Waals surface area contributed by atoms with Gasteiger partial charge < -0.3 is 94.7 Å². The van der Waals surface area contributed by atoms with Crippen LogP contribution in [0.3, 0.4) is 0 Å². The lowest BCUT2D eigenvalue weighted by molar-refractivity contribution is 0.0313. The van der Waals surface area contributed by atoms with Gasteiger partial charge in [-0.1, -0.05) is 52.6 Å². The van der Waals surface area contributed by atoms with Crippen LogP contribution in [0, 0.1) is 0 Å². The Morgan fingerprint density at radius 2 is 0.374 bits per heavy atom. The summed E-state index contributed by atoms with van der Waals surface area (Å²) in [4.78, 5) is 140. The Balaban J connectivity index is 2.63. The number of hydrogen-bond acceptors (Lipinski definition) is 30. The van der Waals surface area contributed by atoms with E-state index in [0.29, 0.717) is 0 Å². The quantitative estimate of drug-likeness (QED) is 0.0245. The third-order valence-corrected chi connectivity index (χ3v) is 10.4. The lowest BCUT2D eigenvalue weighted by atomic mass is 9.85. The maximum absolute atomic E-state index is 14.6. The average molecular weight is 1280 g/mol. The van der Waals surface area contributed by atoms with E-state index in [1.165, 1.54) is 0 Å². The van der Waals surface area contributed by atoms with Crippen molar-refractivity contribution in [2.45, 2.75) is 0 Å². The fourth-order valence-corrected chi connectivity index (χ4v) is 6.73. The van der Waals surface area contributed by atoms with Gasteiger partial charge in [-0.3, -0.25) is 0 Å². The zero-order chi connectivity index (χ0) is 67.0. The smallest absolute Gasteiger partial charge is 0.340 e. The Morgan fingerprint density at radius 3 is 0.527 bits per heavy atom. The highest BCUT2D eigenvalue weighted by Gasteiger charge is 2.44. The second kappa shape index (κ2) is 45.8. The number of carbonyl (C=O) groups is 10. The minimum atomic E-state index is -1.63. The summed E-state index contributed by atoms with van der Waals surface area (Å²) >= 11 is 0. The van der Waals surface area contributed by atoms with E-state index < -0.39 is 168 Å². The number of ether oxygens (including phenoxy) is 20. The van der Waals surface area contributed by atoms with Gasteiger partial charge in [0, 0.05) is 0 Å². The van der Waals surface area contributed by atoms with Crippen molar-refractivity contribution in [3.8, 4) is 0 Å². The summed E-state index contributed by atoms with van der Waals surface area (Å²) in [5, 5.41) is 0. The molecule has 0 atom stereocenters. The fraction of sp³-hybridized carbons (Fsp3) is 0.328. The normalized spacial score (nSPS) is 9.85. The molecule has 0 aliphatic rings. The summed E-state index contributed by atoms with van der Waals surface area (Å²) in [6.45, 7) is 18.9. The van der Waals surface area contributed by atoms with E-state index in [1.807, 2.05) is 0 Å². The summed E-state index contributed by atoms with van der Waals surface area (Å²) in [7, 11) is 0. The molecule has 0 fully saturated rings. The standard InChI is InChI=1S/C61H68O30/c1-9-72-20-30-82-52(62)42-40-44(54(64)84-32-22-74-11-3)45(41-43(42)53(63)83-31-21-73-10-2)55(65)85-38-28-80-18-17-19-81-29-39-91-61(71)51-49(59(69)89-36-26-78-15-7)47(57(67)87-34-24-76-13-5)46(56(66)86-33-23-75-12-4)48(58(68)88-35-25-77-14-6)50(51)60(70)90-37-27-79-16-8/h9-16,18-19,40-41H,1-8,20-39H2. The Bertz CT molecular complexity index is 2870. The Hall–Kier alpha value is -11.4. The van der Waals surface area contributed by atoms with Crippen LogP contribution in [-0.4, -0.2) is 192 Å². The molecule has 0 aliphatic carbocycles. The van der Waals surface area contributed by atoms with Crippen molar-refractivity contribution in [3.63, 3.8) is 0 Å². The first-order chi connectivity index (χ1) is 44.1. The number of benzene rings is 2. The second-order valence-corrected chi connectivity index (χ2v) is 16.0. The molecule has 0 unspecified atom stereocenters. The highest BCUT2D eigenvalue weighted by molar-refractivity contribution is 6.24. The summed E-state index contributed by atoms with van der Waals surface area (Å²) in [6.07, 6.45) is 10.2. The van der Waals surface area contributed by atoms with Crippen LogP contribution >= 0.6 is 0 Å². The zero-order valence-electron chi connectivity index (χ0n) is 49.5. The van der Waals surface area contributed by atoms with E-state index in [2.05, 4.69) is 58.4 Å². The average Bonchev–Trinajstić information content (AvgIpc) is 0.743. The Morgan fingerprint density at radius 1 is 0.231 bits per heavy atom. The molecule has 91 heavy (non-hydrogen) atoms. The fourth-order valence-electron chi connectivity index (χ4n) is 6.73. The Labute approximate surface area is 521 Å². The van der Waals surface area contributed by atoms with Crippen molar-refractivity contribution in [1.82, 2.24) is 0 Å². The molecule has 0 saturated heterocycles. The molecule has 30 heteroatoms. The molecule has 0 saturated carbocycles. The van der Waals surface area contributed by atoms with Crippen LogP contribution in [0.15, 0.2) is 133 Å². The molecular formula is C61H68O30. The zero-order valence-corrected chi connectivity index (χ0v) is 49.5. The molecule has 0 bridgehead atoms. The molecule has 2 aromatic rings. The number of esters is 10. The minimum Gasteiger partial charge on any atom is -0.498 e.